The number of nitrogens with one attached hydrogen (secondary N) is 1. The first-order chi connectivity index (χ1) is 11.9. The van der Waals surface area contributed by atoms with E-state index in [1.807, 2.05) is 44.4 Å². The maximum Gasteiger partial charge on any atom is 0.221 e. The van der Waals surface area contributed by atoms with Gasteiger partial charge in [-0.05, 0) is 54.3 Å². The Morgan fingerprint density at radius 3 is 2.32 bits per heavy atom. The minimum atomic E-state index is -0.0648. The third kappa shape index (κ3) is 4.89. The number of hydrogen-bond acceptors (Lipinski definition) is 4. The lowest BCUT2D eigenvalue weighted by Gasteiger charge is -2.17. The van der Waals surface area contributed by atoms with Crippen LogP contribution in [0.15, 0.2) is 36.4 Å². The highest BCUT2D eigenvalue weighted by Crippen LogP contribution is 2.29. The minimum Gasteiger partial charge on any atom is -0.493 e. The van der Waals surface area contributed by atoms with Crippen molar-refractivity contribution in [3.05, 3.63) is 47.5 Å². The van der Waals surface area contributed by atoms with Crippen molar-refractivity contribution in [2.45, 2.75) is 19.8 Å². The molecule has 0 atom stereocenters. The van der Waals surface area contributed by atoms with Gasteiger partial charge in [0.1, 0.15) is 0 Å². The quantitative estimate of drug-likeness (QED) is 0.836. The lowest BCUT2D eigenvalue weighted by atomic mass is 10.0. The number of nitrogens with zero attached hydrogens (tertiary/aromatic N) is 1. The van der Waals surface area contributed by atoms with E-state index in [1.54, 1.807) is 14.2 Å². The van der Waals surface area contributed by atoms with Crippen LogP contribution in [0.1, 0.15) is 18.1 Å². The average Bonchev–Trinajstić information content (AvgIpc) is 2.59. The molecule has 134 valence electrons. The number of aryl methyl sites for hydroxylation is 2. The highest BCUT2D eigenvalue weighted by atomic mass is 16.5. The van der Waals surface area contributed by atoms with Crippen molar-refractivity contribution in [1.82, 2.24) is 0 Å². The summed E-state index contributed by atoms with van der Waals surface area (Å²) in [5, 5.41) is 2.91. The van der Waals surface area contributed by atoms with Crippen LogP contribution in [0.25, 0.3) is 0 Å². The first-order valence-corrected chi connectivity index (χ1v) is 8.23. The van der Waals surface area contributed by atoms with Gasteiger partial charge in [-0.25, -0.2) is 0 Å². The first-order valence-electron chi connectivity index (χ1n) is 8.23. The zero-order valence-corrected chi connectivity index (χ0v) is 15.6. The topological polar surface area (TPSA) is 50.8 Å². The SMILES string of the molecule is COc1ccc(CCc2cc(N(C)C)ccc2NC(C)=O)cc1OC. The van der Waals surface area contributed by atoms with E-state index >= 15 is 0 Å². The summed E-state index contributed by atoms with van der Waals surface area (Å²) >= 11 is 0. The molecular weight excluding hydrogens is 316 g/mol. The molecule has 0 heterocycles. The van der Waals surface area contributed by atoms with E-state index < -0.39 is 0 Å². The van der Waals surface area contributed by atoms with Crippen molar-refractivity contribution in [3.63, 3.8) is 0 Å². The van der Waals surface area contributed by atoms with E-state index in [0.29, 0.717) is 0 Å². The number of benzene rings is 2. The summed E-state index contributed by atoms with van der Waals surface area (Å²) in [7, 11) is 7.28. The second-order valence-electron chi connectivity index (χ2n) is 6.11. The largest absolute Gasteiger partial charge is 0.493 e. The minimum absolute atomic E-state index is 0.0648. The molecule has 1 N–H and O–H groups in total. The zero-order valence-electron chi connectivity index (χ0n) is 15.6. The zero-order chi connectivity index (χ0) is 18.4. The molecule has 2 aromatic carbocycles. The van der Waals surface area contributed by atoms with Crippen molar-refractivity contribution >= 4 is 17.3 Å². The molecule has 5 nitrogen and oxygen atoms in total. The number of amides is 1. The third-order valence-corrected chi connectivity index (χ3v) is 4.05. The van der Waals surface area contributed by atoms with E-state index in [-0.39, 0.29) is 5.91 Å². The van der Waals surface area contributed by atoms with E-state index in [1.165, 1.54) is 6.92 Å². The molecule has 0 spiro atoms. The molecule has 0 fully saturated rings. The molecule has 0 bridgehead atoms. The van der Waals surface area contributed by atoms with Crippen molar-refractivity contribution in [2.24, 2.45) is 0 Å². The molecule has 0 saturated heterocycles. The fourth-order valence-corrected chi connectivity index (χ4v) is 2.69. The molecule has 0 aromatic heterocycles. The monoisotopic (exact) mass is 342 g/mol. The smallest absolute Gasteiger partial charge is 0.221 e. The Morgan fingerprint density at radius 2 is 1.72 bits per heavy atom. The van der Waals surface area contributed by atoms with E-state index in [2.05, 4.69) is 16.3 Å². The van der Waals surface area contributed by atoms with Gasteiger partial charge in [-0.2, -0.15) is 0 Å². The van der Waals surface area contributed by atoms with Crippen LogP contribution in [0.5, 0.6) is 11.5 Å². The Balaban J connectivity index is 2.23. The molecule has 0 aliphatic rings. The fourth-order valence-electron chi connectivity index (χ4n) is 2.69. The number of anilines is 2. The van der Waals surface area contributed by atoms with Gasteiger partial charge in [0.05, 0.1) is 14.2 Å². The second kappa shape index (κ2) is 8.42. The Kier molecular flexibility index (Phi) is 6.28. The Hall–Kier alpha value is -2.69. The average molecular weight is 342 g/mol. The standard InChI is InChI=1S/C20H26N2O3/c1-14(23)21-18-10-9-17(22(2)3)13-16(18)8-6-15-7-11-19(24-4)20(12-15)25-5/h7,9-13H,6,8H2,1-5H3,(H,21,23). The number of rotatable bonds is 7. The van der Waals surface area contributed by atoms with Gasteiger partial charge in [0.2, 0.25) is 5.91 Å². The first kappa shape index (κ1) is 18.6. The van der Waals surface area contributed by atoms with Crippen molar-refractivity contribution < 1.29 is 14.3 Å². The van der Waals surface area contributed by atoms with Gasteiger partial charge < -0.3 is 19.7 Å². The fraction of sp³-hybridized carbons (Fsp3) is 0.350. The molecule has 25 heavy (non-hydrogen) atoms. The lowest BCUT2D eigenvalue weighted by Crippen LogP contribution is -2.12. The summed E-state index contributed by atoms with van der Waals surface area (Å²) in [6.07, 6.45) is 1.65. The van der Waals surface area contributed by atoms with Crippen LogP contribution in [0, 0.1) is 0 Å². The molecular formula is C20H26N2O3. The van der Waals surface area contributed by atoms with Gasteiger partial charge in [0, 0.05) is 32.4 Å². The Morgan fingerprint density at radius 1 is 1.00 bits per heavy atom. The van der Waals surface area contributed by atoms with Gasteiger partial charge in [-0.1, -0.05) is 6.07 Å². The molecule has 0 aliphatic carbocycles. The molecule has 2 aromatic rings. The van der Waals surface area contributed by atoms with Crippen LogP contribution < -0.4 is 19.7 Å². The molecule has 1 amide bonds. The summed E-state index contributed by atoms with van der Waals surface area (Å²) in [5.74, 6) is 1.38. The molecule has 0 unspecified atom stereocenters. The molecule has 0 aliphatic heterocycles. The summed E-state index contributed by atoms with van der Waals surface area (Å²) in [5.41, 5.74) is 4.23. The van der Waals surface area contributed by atoms with Crippen LogP contribution in [0.3, 0.4) is 0 Å². The maximum atomic E-state index is 11.5. The molecule has 2 rings (SSSR count). The molecule has 0 saturated carbocycles. The summed E-state index contributed by atoms with van der Waals surface area (Å²) < 4.78 is 10.6. The molecule has 0 radical (unpaired) electrons. The summed E-state index contributed by atoms with van der Waals surface area (Å²) in [6.45, 7) is 1.53. The van der Waals surface area contributed by atoms with Crippen molar-refractivity contribution in [2.75, 3.05) is 38.5 Å². The maximum absolute atomic E-state index is 11.5. The predicted molar refractivity (Wildman–Crippen MR) is 102 cm³/mol. The highest BCUT2D eigenvalue weighted by Gasteiger charge is 2.09. The number of ether oxygens (including phenoxy) is 2. The van der Waals surface area contributed by atoms with Crippen LogP contribution >= 0.6 is 0 Å². The summed E-state index contributed by atoms with van der Waals surface area (Å²) in [4.78, 5) is 13.5. The normalized spacial score (nSPS) is 10.3. The highest BCUT2D eigenvalue weighted by molar-refractivity contribution is 5.89. The van der Waals surface area contributed by atoms with Crippen LogP contribution in [0.4, 0.5) is 11.4 Å². The van der Waals surface area contributed by atoms with Crippen LogP contribution in [0.2, 0.25) is 0 Å². The number of hydrogen-bond donors (Lipinski definition) is 1. The Labute approximate surface area is 149 Å². The number of carbonyl (C=O) groups is 1. The third-order valence-electron chi connectivity index (χ3n) is 4.05. The van der Waals surface area contributed by atoms with Crippen LogP contribution in [-0.4, -0.2) is 34.2 Å². The predicted octanol–water partition coefficient (Wildman–Crippen LogP) is 3.51. The van der Waals surface area contributed by atoms with Crippen molar-refractivity contribution in [1.29, 1.82) is 0 Å². The van der Waals surface area contributed by atoms with E-state index in [9.17, 15) is 4.79 Å². The van der Waals surface area contributed by atoms with Gasteiger partial charge in [-0.15, -0.1) is 0 Å². The van der Waals surface area contributed by atoms with E-state index in [0.717, 1.165) is 46.8 Å². The second-order valence-corrected chi connectivity index (χ2v) is 6.11. The van der Waals surface area contributed by atoms with Gasteiger partial charge in [-0.3, -0.25) is 4.79 Å². The molecule has 5 heteroatoms. The van der Waals surface area contributed by atoms with Crippen LogP contribution in [-0.2, 0) is 17.6 Å². The van der Waals surface area contributed by atoms with Gasteiger partial charge in [0.15, 0.2) is 11.5 Å². The number of carbonyl (C=O) groups excluding carboxylic acids is 1. The summed E-state index contributed by atoms with van der Waals surface area (Å²) in [6, 6.07) is 12.0. The Bertz CT molecular complexity index is 742. The van der Waals surface area contributed by atoms with Gasteiger partial charge >= 0.3 is 0 Å². The van der Waals surface area contributed by atoms with Crippen molar-refractivity contribution in [3.8, 4) is 11.5 Å². The lowest BCUT2D eigenvalue weighted by molar-refractivity contribution is -0.114. The van der Waals surface area contributed by atoms with Gasteiger partial charge in [0.25, 0.3) is 0 Å². The van der Waals surface area contributed by atoms with E-state index in [4.69, 9.17) is 9.47 Å². The number of methoxy groups -OCH3 is 2.